The minimum absolute atomic E-state index is 0.213. The Morgan fingerprint density at radius 1 is 1.35 bits per heavy atom. The molecule has 1 aliphatic rings. The minimum Gasteiger partial charge on any atom is -0.480 e. The maximum Gasteiger partial charge on any atom is 0.322 e. The van der Waals surface area contributed by atoms with Gasteiger partial charge in [-0.25, -0.2) is 0 Å². The number of para-hydroxylation sites is 1. The van der Waals surface area contributed by atoms with Crippen molar-refractivity contribution in [3.05, 3.63) is 29.8 Å². The summed E-state index contributed by atoms with van der Waals surface area (Å²) in [7, 11) is 0. The zero-order valence-corrected chi connectivity index (χ0v) is 9.35. The summed E-state index contributed by atoms with van der Waals surface area (Å²) >= 11 is 0. The number of carbonyl (C=O) groups is 2. The van der Waals surface area contributed by atoms with Crippen LogP contribution in [0.4, 0.5) is 5.69 Å². The van der Waals surface area contributed by atoms with Gasteiger partial charge >= 0.3 is 5.97 Å². The average Bonchev–Trinajstić information content (AvgIpc) is 2.70. The molecule has 2 N–H and O–H groups in total. The van der Waals surface area contributed by atoms with Crippen molar-refractivity contribution in [1.82, 2.24) is 5.32 Å². The average molecular weight is 234 g/mol. The predicted octanol–water partition coefficient (Wildman–Crippen LogP) is 0.250. The molecule has 1 amide bonds. The summed E-state index contributed by atoms with van der Waals surface area (Å²) in [5.74, 6) is -1.29. The van der Waals surface area contributed by atoms with Gasteiger partial charge in [0.15, 0.2) is 0 Å². The van der Waals surface area contributed by atoms with Crippen LogP contribution in [-0.4, -0.2) is 36.6 Å². The topological polar surface area (TPSA) is 69.6 Å². The molecule has 2 rings (SSSR count). The van der Waals surface area contributed by atoms with Gasteiger partial charge in [-0.3, -0.25) is 9.59 Å². The van der Waals surface area contributed by atoms with Crippen molar-refractivity contribution in [3.63, 3.8) is 0 Å². The van der Waals surface area contributed by atoms with Crippen molar-refractivity contribution in [2.45, 2.75) is 6.42 Å². The highest BCUT2D eigenvalue weighted by Crippen LogP contribution is 2.26. The highest BCUT2D eigenvalue weighted by atomic mass is 16.4. The second kappa shape index (κ2) is 4.86. The highest BCUT2D eigenvalue weighted by molar-refractivity contribution is 5.85. The molecule has 0 atom stereocenters. The van der Waals surface area contributed by atoms with Crippen LogP contribution in [0.5, 0.6) is 0 Å². The van der Waals surface area contributed by atoms with Crippen molar-refractivity contribution in [3.8, 4) is 0 Å². The van der Waals surface area contributed by atoms with Crippen LogP contribution in [0.2, 0.25) is 0 Å². The largest absolute Gasteiger partial charge is 0.480 e. The van der Waals surface area contributed by atoms with E-state index in [2.05, 4.69) is 5.32 Å². The number of benzene rings is 1. The Bertz CT molecular complexity index is 445. The third kappa shape index (κ3) is 2.75. The number of anilines is 1. The number of rotatable bonds is 4. The monoisotopic (exact) mass is 234 g/mol. The third-order valence-corrected chi connectivity index (χ3v) is 2.75. The first-order chi connectivity index (χ1) is 8.16. The molecule has 1 aromatic rings. The van der Waals surface area contributed by atoms with Crippen LogP contribution in [-0.2, 0) is 16.0 Å². The number of carboxylic acid groups (broad SMARTS) is 1. The molecule has 1 heterocycles. The zero-order chi connectivity index (χ0) is 12.3. The number of nitrogens with one attached hydrogen (secondary N) is 1. The van der Waals surface area contributed by atoms with Gasteiger partial charge < -0.3 is 15.3 Å². The predicted molar refractivity (Wildman–Crippen MR) is 63.0 cm³/mol. The van der Waals surface area contributed by atoms with E-state index in [0.717, 1.165) is 18.7 Å². The third-order valence-electron chi connectivity index (χ3n) is 2.75. The van der Waals surface area contributed by atoms with E-state index in [4.69, 9.17) is 5.11 Å². The fourth-order valence-electron chi connectivity index (χ4n) is 1.97. The van der Waals surface area contributed by atoms with Crippen LogP contribution in [0.15, 0.2) is 24.3 Å². The lowest BCUT2D eigenvalue weighted by molar-refractivity contribution is -0.137. The molecular weight excluding hydrogens is 220 g/mol. The summed E-state index contributed by atoms with van der Waals surface area (Å²) < 4.78 is 0. The molecule has 1 aromatic carbocycles. The van der Waals surface area contributed by atoms with Crippen molar-refractivity contribution in [2.24, 2.45) is 0 Å². The Hall–Kier alpha value is -2.04. The first kappa shape index (κ1) is 11.4. The molecule has 0 unspecified atom stereocenters. The standard InChI is InChI=1S/C12H14N2O3/c15-11(13-7-12(16)17)8-14-6-5-9-3-1-2-4-10(9)14/h1-4H,5-8H2,(H,13,15)(H,16,17). The minimum atomic E-state index is -1.03. The molecular formula is C12H14N2O3. The van der Waals surface area contributed by atoms with Gasteiger partial charge in [0, 0.05) is 12.2 Å². The smallest absolute Gasteiger partial charge is 0.322 e. The number of nitrogens with zero attached hydrogens (tertiary/aromatic N) is 1. The first-order valence-corrected chi connectivity index (χ1v) is 5.48. The Kier molecular flexibility index (Phi) is 3.27. The molecule has 0 spiro atoms. The molecule has 0 saturated heterocycles. The molecule has 5 heteroatoms. The van der Waals surface area contributed by atoms with Crippen LogP contribution in [0.3, 0.4) is 0 Å². The van der Waals surface area contributed by atoms with Gasteiger partial charge in [-0.05, 0) is 18.1 Å². The summed E-state index contributed by atoms with van der Waals surface area (Å²) in [5.41, 5.74) is 2.30. The van der Waals surface area contributed by atoms with E-state index in [0.29, 0.717) is 0 Å². The van der Waals surface area contributed by atoms with Crippen LogP contribution in [0.25, 0.3) is 0 Å². The molecule has 90 valence electrons. The molecule has 0 radical (unpaired) electrons. The Balaban J connectivity index is 1.93. The second-order valence-electron chi connectivity index (χ2n) is 3.97. The summed E-state index contributed by atoms with van der Waals surface area (Å²) in [6, 6.07) is 7.94. The van der Waals surface area contributed by atoms with E-state index < -0.39 is 5.97 Å². The zero-order valence-electron chi connectivity index (χ0n) is 9.35. The van der Waals surface area contributed by atoms with Crippen molar-refractivity contribution < 1.29 is 14.7 Å². The summed E-state index contributed by atoms with van der Waals surface area (Å²) in [4.78, 5) is 23.8. The molecule has 5 nitrogen and oxygen atoms in total. The van der Waals surface area contributed by atoms with Crippen molar-refractivity contribution in [1.29, 1.82) is 0 Å². The number of carboxylic acids is 1. The van der Waals surface area contributed by atoms with Gasteiger partial charge in [-0.15, -0.1) is 0 Å². The van der Waals surface area contributed by atoms with Crippen LogP contribution >= 0.6 is 0 Å². The van der Waals surface area contributed by atoms with Crippen LogP contribution in [0, 0.1) is 0 Å². The Morgan fingerprint density at radius 3 is 2.88 bits per heavy atom. The highest BCUT2D eigenvalue weighted by Gasteiger charge is 2.20. The fourth-order valence-corrected chi connectivity index (χ4v) is 1.97. The van der Waals surface area contributed by atoms with Crippen molar-refractivity contribution in [2.75, 3.05) is 24.5 Å². The summed E-state index contributed by atoms with van der Waals surface area (Å²) in [5, 5.41) is 10.8. The molecule has 17 heavy (non-hydrogen) atoms. The van der Waals surface area contributed by atoms with Crippen LogP contribution in [0.1, 0.15) is 5.56 Å². The van der Waals surface area contributed by atoms with E-state index in [1.54, 1.807) is 0 Å². The molecule has 0 fully saturated rings. The fraction of sp³-hybridized carbons (Fsp3) is 0.333. The van der Waals surface area contributed by atoms with Gasteiger partial charge in [0.1, 0.15) is 6.54 Å². The second-order valence-corrected chi connectivity index (χ2v) is 3.97. The lowest BCUT2D eigenvalue weighted by Gasteiger charge is -2.18. The maximum atomic E-state index is 11.5. The molecule has 0 saturated carbocycles. The molecule has 0 aromatic heterocycles. The lowest BCUT2D eigenvalue weighted by atomic mass is 10.2. The Labute approximate surface area is 99.0 Å². The van der Waals surface area contributed by atoms with E-state index >= 15 is 0 Å². The number of carbonyl (C=O) groups excluding carboxylic acids is 1. The van der Waals surface area contributed by atoms with E-state index in [-0.39, 0.29) is 19.0 Å². The SMILES string of the molecule is O=C(O)CNC(=O)CN1CCc2ccccc21. The number of fused-ring (bicyclic) bond motifs is 1. The van der Waals surface area contributed by atoms with E-state index in [1.807, 2.05) is 29.2 Å². The molecule has 0 bridgehead atoms. The summed E-state index contributed by atoms with van der Waals surface area (Å²) in [6.07, 6.45) is 0.933. The molecule has 0 aliphatic carbocycles. The number of hydrogen-bond acceptors (Lipinski definition) is 3. The van der Waals surface area contributed by atoms with Gasteiger partial charge in [-0.2, -0.15) is 0 Å². The normalized spacial score (nSPS) is 13.3. The number of hydrogen-bond donors (Lipinski definition) is 2. The lowest BCUT2D eigenvalue weighted by Crippen LogP contribution is -2.38. The number of aliphatic carboxylic acids is 1. The van der Waals surface area contributed by atoms with Crippen LogP contribution < -0.4 is 10.2 Å². The summed E-state index contributed by atoms with van der Waals surface area (Å²) in [6.45, 7) is 0.693. The van der Waals surface area contributed by atoms with E-state index in [9.17, 15) is 9.59 Å². The van der Waals surface area contributed by atoms with Crippen molar-refractivity contribution >= 4 is 17.6 Å². The first-order valence-electron chi connectivity index (χ1n) is 5.48. The Morgan fingerprint density at radius 2 is 2.12 bits per heavy atom. The van der Waals surface area contributed by atoms with Gasteiger partial charge in [0.05, 0.1) is 6.54 Å². The van der Waals surface area contributed by atoms with Gasteiger partial charge in [0.2, 0.25) is 5.91 Å². The number of amides is 1. The van der Waals surface area contributed by atoms with E-state index in [1.165, 1.54) is 5.56 Å². The quantitative estimate of drug-likeness (QED) is 0.783. The molecule has 1 aliphatic heterocycles. The maximum absolute atomic E-state index is 11.5. The van der Waals surface area contributed by atoms with Gasteiger partial charge in [-0.1, -0.05) is 18.2 Å². The van der Waals surface area contributed by atoms with Gasteiger partial charge in [0.25, 0.3) is 0 Å².